The Kier molecular flexibility index (Phi) is 4.51. The molecule has 1 unspecified atom stereocenters. The molecule has 0 amide bonds. The van der Waals surface area contributed by atoms with Crippen molar-refractivity contribution in [3.63, 3.8) is 0 Å². The zero-order valence-electron chi connectivity index (χ0n) is 10.7. The Balaban J connectivity index is 2.69. The normalized spacial score (nSPS) is 14.1. The molecular formula is C14H23NO. The van der Waals surface area contributed by atoms with E-state index in [1.807, 2.05) is 32.0 Å². The molecule has 0 bridgehead atoms. The molecule has 0 aliphatic rings. The highest BCUT2D eigenvalue weighted by Crippen LogP contribution is 2.26. The van der Waals surface area contributed by atoms with E-state index >= 15 is 0 Å². The lowest BCUT2D eigenvalue weighted by atomic mass is 9.78. The maximum absolute atomic E-state index is 6.21. The van der Waals surface area contributed by atoms with Crippen LogP contribution in [0.25, 0.3) is 0 Å². The molecule has 90 valence electrons. The van der Waals surface area contributed by atoms with Gasteiger partial charge in [0.15, 0.2) is 0 Å². The summed E-state index contributed by atoms with van der Waals surface area (Å²) in [6, 6.07) is 10.4. The summed E-state index contributed by atoms with van der Waals surface area (Å²) < 4.78 is 5.59. The zero-order valence-corrected chi connectivity index (χ0v) is 10.7. The highest BCUT2D eigenvalue weighted by Gasteiger charge is 2.28. The molecule has 1 atom stereocenters. The highest BCUT2D eigenvalue weighted by atomic mass is 16.5. The van der Waals surface area contributed by atoms with Gasteiger partial charge in [0.1, 0.15) is 0 Å². The van der Waals surface area contributed by atoms with E-state index in [0.29, 0.717) is 6.61 Å². The highest BCUT2D eigenvalue weighted by molar-refractivity contribution is 5.25. The SMILES string of the molecule is CC(C)OCC(N)C(C)(C)c1ccccc1. The van der Waals surface area contributed by atoms with Crippen LogP contribution in [0.1, 0.15) is 33.3 Å². The van der Waals surface area contributed by atoms with E-state index in [1.54, 1.807) is 0 Å². The summed E-state index contributed by atoms with van der Waals surface area (Å²) in [6.07, 6.45) is 0.234. The van der Waals surface area contributed by atoms with Gasteiger partial charge in [0.2, 0.25) is 0 Å². The van der Waals surface area contributed by atoms with E-state index < -0.39 is 0 Å². The second kappa shape index (κ2) is 5.46. The summed E-state index contributed by atoms with van der Waals surface area (Å²) in [5.41, 5.74) is 7.41. The molecule has 0 saturated carbocycles. The van der Waals surface area contributed by atoms with E-state index in [-0.39, 0.29) is 17.6 Å². The lowest BCUT2D eigenvalue weighted by Gasteiger charge is -2.32. The third kappa shape index (κ3) is 3.32. The Labute approximate surface area is 98.8 Å². The Morgan fingerprint density at radius 2 is 1.75 bits per heavy atom. The van der Waals surface area contributed by atoms with Crippen LogP contribution in [0.15, 0.2) is 30.3 Å². The molecule has 1 aromatic carbocycles. The van der Waals surface area contributed by atoms with Gasteiger partial charge in [-0.3, -0.25) is 0 Å². The lowest BCUT2D eigenvalue weighted by Crippen LogP contribution is -2.44. The van der Waals surface area contributed by atoms with Gasteiger partial charge in [-0.25, -0.2) is 0 Å². The van der Waals surface area contributed by atoms with Gasteiger partial charge >= 0.3 is 0 Å². The maximum Gasteiger partial charge on any atom is 0.0629 e. The minimum atomic E-state index is -0.0594. The van der Waals surface area contributed by atoms with Gasteiger partial charge in [-0.05, 0) is 19.4 Å². The molecule has 0 saturated heterocycles. The lowest BCUT2D eigenvalue weighted by molar-refractivity contribution is 0.0555. The smallest absolute Gasteiger partial charge is 0.0629 e. The minimum Gasteiger partial charge on any atom is -0.377 e. The van der Waals surface area contributed by atoms with Crippen LogP contribution in [0.3, 0.4) is 0 Å². The van der Waals surface area contributed by atoms with Crippen molar-refractivity contribution in [1.29, 1.82) is 0 Å². The largest absolute Gasteiger partial charge is 0.377 e. The van der Waals surface area contributed by atoms with Crippen LogP contribution in [-0.4, -0.2) is 18.8 Å². The van der Waals surface area contributed by atoms with Crippen LogP contribution in [-0.2, 0) is 10.2 Å². The first kappa shape index (κ1) is 13.2. The fourth-order valence-corrected chi connectivity index (χ4v) is 1.59. The quantitative estimate of drug-likeness (QED) is 0.829. The molecule has 1 rings (SSSR count). The predicted octanol–water partition coefficient (Wildman–Crippen LogP) is 2.72. The molecule has 0 aliphatic heterocycles. The predicted molar refractivity (Wildman–Crippen MR) is 68.5 cm³/mol. The summed E-state index contributed by atoms with van der Waals surface area (Å²) >= 11 is 0. The van der Waals surface area contributed by atoms with Crippen LogP contribution in [0.2, 0.25) is 0 Å². The molecule has 2 nitrogen and oxygen atoms in total. The number of ether oxygens (including phenoxy) is 1. The molecule has 2 N–H and O–H groups in total. The van der Waals surface area contributed by atoms with Crippen molar-refractivity contribution in [3.8, 4) is 0 Å². The van der Waals surface area contributed by atoms with Crippen molar-refractivity contribution in [2.75, 3.05) is 6.61 Å². The van der Waals surface area contributed by atoms with E-state index in [4.69, 9.17) is 10.5 Å². The Morgan fingerprint density at radius 3 is 2.25 bits per heavy atom. The fraction of sp³-hybridized carbons (Fsp3) is 0.571. The van der Waals surface area contributed by atoms with Crippen LogP contribution in [0.4, 0.5) is 0 Å². The van der Waals surface area contributed by atoms with Gasteiger partial charge in [-0.1, -0.05) is 44.2 Å². The van der Waals surface area contributed by atoms with Crippen LogP contribution < -0.4 is 5.73 Å². The fourth-order valence-electron chi connectivity index (χ4n) is 1.59. The van der Waals surface area contributed by atoms with Crippen LogP contribution in [0, 0.1) is 0 Å². The summed E-state index contributed by atoms with van der Waals surface area (Å²) in [6.45, 7) is 8.98. The van der Waals surface area contributed by atoms with Gasteiger partial charge in [-0.15, -0.1) is 0 Å². The van der Waals surface area contributed by atoms with E-state index in [1.165, 1.54) is 5.56 Å². The molecular weight excluding hydrogens is 198 g/mol. The molecule has 0 radical (unpaired) electrons. The van der Waals surface area contributed by atoms with E-state index in [0.717, 1.165) is 0 Å². The topological polar surface area (TPSA) is 35.2 Å². The molecule has 1 aromatic rings. The van der Waals surface area contributed by atoms with Crippen molar-refractivity contribution < 1.29 is 4.74 Å². The van der Waals surface area contributed by atoms with Gasteiger partial charge < -0.3 is 10.5 Å². The maximum atomic E-state index is 6.21. The summed E-state index contributed by atoms with van der Waals surface area (Å²) in [7, 11) is 0. The van der Waals surface area contributed by atoms with Gasteiger partial charge in [0.05, 0.1) is 12.7 Å². The number of hydrogen-bond donors (Lipinski definition) is 1. The minimum absolute atomic E-state index is 0.0114. The third-order valence-electron chi connectivity index (χ3n) is 3.05. The average Bonchev–Trinajstić information content (AvgIpc) is 2.27. The van der Waals surface area contributed by atoms with Gasteiger partial charge in [0.25, 0.3) is 0 Å². The molecule has 16 heavy (non-hydrogen) atoms. The standard InChI is InChI=1S/C14H23NO/c1-11(2)16-10-13(15)14(3,4)12-8-6-5-7-9-12/h5-9,11,13H,10,15H2,1-4H3. The second-order valence-corrected chi connectivity index (χ2v) is 5.08. The molecule has 0 aliphatic carbocycles. The first-order valence-electron chi connectivity index (χ1n) is 5.87. The van der Waals surface area contributed by atoms with Gasteiger partial charge in [-0.2, -0.15) is 0 Å². The number of benzene rings is 1. The van der Waals surface area contributed by atoms with E-state index in [2.05, 4.69) is 26.0 Å². The Hall–Kier alpha value is -0.860. The monoisotopic (exact) mass is 221 g/mol. The molecule has 0 fully saturated rings. The second-order valence-electron chi connectivity index (χ2n) is 5.08. The zero-order chi connectivity index (χ0) is 12.2. The van der Waals surface area contributed by atoms with Crippen molar-refractivity contribution >= 4 is 0 Å². The van der Waals surface area contributed by atoms with Crippen molar-refractivity contribution in [2.45, 2.75) is 45.3 Å². The van der Waals surface area contributed by atoms with E-state index in [9.17, 15) is 0 Å². The third-order valence-corrected chi connectivity index (χ3v) is 3.05. The van der Waals surface area contributed by atoms with Gasteiger partial charge in [0, 0.05) is 11.5 Å². The first-order valence-corrected chi connectivity index (χ1v) is 5.87. The molecule has 0 aromatic heterocycles. The summed E-state index contributed by atoms with van der Waals surface area (Å²) in [4.78, 5) is 0. The number of rotatable bonds is 5. The molecule has 0 spiro atoms. The van der Waals surface area contributed by atoms with Crippen LogP contribution in [0.5, 0.6) is 0 Å². The summed E-state index contributed by atoms with van der Waals surface area (Å²) in [5, 5.41) is 0. The summed E-state index contributed by atoms with van der Waals surface area (Å²) in [5.74, 6) is 0. The molecule has 2 heteroatoms. The number of nitrogens with two attached hydrogens (primary N) is 1. The Morgan fingerprint density at radius 1 is 1.19 bits per heavy atom. The first-order chi connectivity index (χ1) is 7.44. The van der Waals surface area contributed by atoms with Crippen molar-refractivity contribution in [3.05, 3.63) is 35.9 Å². The van der Waals surface area contributed by atoms with Crippen molar-refractivity contribution in [1.82, 2.24) is 0 Å². The number of hydrogen-bond acceptors (Lipinski definition) is 2. The molecule has 0 heterocycles. The average molecular weight is 221 g/mol. The Bertz CT molecular complexity index is 306. The van der Waals surface area contributed by atoms with Crippen LogP contribution >= 0.6 is 0 Å². The van der Waals surface area contributed by atoms with Crippen molar-refractivity contribution in [2.24, 2.45) is 5.73 Å².